The second-order valence-electron chi connectivity index (χ2n) is 6.08. The van der Waals surface area contributed by atoms with Crippen molar-refractivity contribution >= 4 is 40.3 Å². The van der Waals surface area contributed by atoms with Gasteiger partial charge in [0.2, 0.25) is 5.91 Å². The van der Waals surface area contributed by atoms with Crippen LogP contribution in [-0.4, -0.2) is 46.9 Å². The molecule has 2 N–H and O–H groups in total. The SMILES string of the molecule is COC(=O)c1nc(NC(=O)CC2NC(=O)N(Cc3ccccc3)C2=O)sc1C. The molecule has 2 aromatic rings. The van der Waals surface area contributed by atoms with Crippen LogP contribution in [0.2, 0.25) is 0 Å². The number of aryl methyl sites for hydroxylation is 1. The number of carbonyl (C=O) groups excluding carboxylic acids is 4. The quantitative estimate of drug-likeness (QED) is 0.561. The van der Waals surface area contributed by atoms with E-state index in [-0.39, 0.29) is 23.8 Å². The van der Waals surface area contributed by atoms with E-state index in [1.807, 2.05) is 30.3 Å². The zero-order chi connectivity index (χ0) is 20.3. The van der Waals surface area contributed by atoms with Gasteiger partial charge in [-0.3, -0.25) is 14.5 Å². The molecule has 1 aliphatic heterocycles. The summed E-state index contributed by atoms with van der Waals surface area (Å²) < 4.78 is 4.62. The van der Waals surface area contributed by atoms with Gasteiger partial charge < -0.3 is 15.4 Å². The predicted octanol–water partition coefficient (Wildman–Crippen LogP) is 1.69. The van der Waals surface area contributed by atoms with Crippen molar-refractivity contribution in [2.75, 3.05) is 12.4 Å². The summed E-state index contributed by atoms with van der Waals surface area (Å²) in [5, 5.41) is 5.29. The number of amides is 4. The van der Waals surface area contributed by atoms with Crippen LogP contribution < -0.4 is 10.6 Å². The second kappa shape index (κ2) is 8.17. The van der Waals surface area contributed by atoms with Gasteiger partial charge in [-0.1, -0.05) is 30.3 Å². The second-order valence-corrected chi connectivity index (χ2v) is 7.28. The molecule has 9 nitrogen and oxygen atoms in total. The van der Waals surface area contributed by atoms with Crippen LogP contribution in [0, 0.1) is 6.92 Å². The summed E-state index contributed by atoms with van der Waals surface area (Å²) in [6, 6.07) is 7.61. The van der Waals surface area contributed by atoms with Gasteiger partial charge in [-0.15, -0.1) is 11.3 Å². The minimum atomic E-state index is -0.947. The number of methoxy groups -OCH3 is 1. The normalized spacial score (nSPS) is 16.1. The third kappa shape index (κ3) is 4.17. The topological polar surface area (TPSA) is 118 Å². The van der Waals surface area contributed by atoms with Crippen molar-refractivity contribution in [2.45, 2.75) is 25.9 Å². The molecule has 1 atom stereocenters. The van der Waals surface area contributed by atoms with Crippen molar-refractivity contribution in [3.8, 4) is 0 Å². The third-order valence-electron chi connectivity index (χ3n) is 4.10. The van der Waals surface area contributed by atoms with E-state index >= 15 is 0 Å². The van der Waals surface area contributed by atoms with Gasteiger partial charge in [0, 0.05) is 4.88 Å². The van der Waals surface area contributed by atoms with E-state index in [1.54, 1.807) is 6.92 Å². The van der Waals surface area contributed by atoms with Crippen LogP contribution in [0.4, 0.5) is 9.93 Å². The Labute approximate surface area is 164 Å². The van der Waals surface area contributed by atoms with Gasteiger partial charge in [-0.2, -0.15) is 0 Å². The van der Waals surface area contributed by atoms with Crippen molar-refractivity contribution in [1.82, 2.24) is 15.2 Å². The molecule has 0 spiro atoms. The van der Waals surface area contributed by atoms with Crippen molar-refractivity contribution in [1.29, 1.82) is 0 Å². The van der Waals surface area contributed by atoms with Crippen molar-refractivity contribution in [3.63, 3.8) is 0 Å². The molecule has 4 amide bonds. The van der Waals surface area contributed by atoms with E-state index in [2.05, 4.69) is 20.4 Å². The van der Waals surface area contributed by atoms with E-state index in [0.717, 1.165) is 21.8 Å². The van der Waals surface area contributed by atoms with Crippen LogP contribution in [0.3, 0.4) is 0 Å². The van der Waals surface area contributed by atoms with Crippen LogP contribution in [0.25, 0.3) is 0 Å². The molecule has 1 fully saturated rings. The van der Waals surface area contributed by atoms with Crippen LogP contribution in [-0.2, 0) is 20.9 Å². The van der Waals surface area contributed by atoms with E-state index < -0.39 is 29.9 Å². The number of aromatic nitrogens is 1. The lowest BCUT2D eigenvalue weighted by Crippen LogP contribution is -2.34. The monoisotopic (exact) mass is 402 g/mol. The van der Waals surface area contributed by atoms with Gasteiger partial charge in [0.25, 0.3) is 5.91 Å². The molecule has 28 heavy (non-hydrogen) atoms. The number of thiazole rings is 1. The fourth-order valence-electron chi connectivity index (χ4n) is 2.72. The molecule has 3 rings (SSSR count). The third-order valence-corrected chi connectivity index (χ3v) is 4.99. The minimum absolute atomic E-state index is 0.127. The number of nitrogens with one attached hydrogen (secondary N) is 2. The fraction of sp³-hybridized carbons (Fsp3) is 0.278. The lowest BCUT2D eigenvalue weighted by atomic mass is 10.2. The van der Waals surface area contributed by atoms with Crippen LogP contribution in [0.1, 0.15) is 27.3 Å². The summed E-state index contributed by atoms with van der Waals surface area (Å²) in [5.74, 6) is -1.55. The average molecular weight is 402 g/mol. The number of rotatable bonds is 6. The number of carbonyl (C=O) groups is 4. The summed E-state index contributed by atoms with van der Waals surface area (Å²) in [6.45, 7) is 1.82. The van der Waals surface area contributed by atoms with Crippen LogP contribution >= 0.6 is 11.3 Å². The predicted molar refractivity (Wildman–Crippen MR) is 101 cm³/mol. The maximum atomic E-state index is 12.5. The number of hydrogen-bond acceptors (Lipinski definition) is 7. The Morgan fingerprint density at radius 2 is 2.00 bits per heavy atom. The first-order chi connectivity index (χ1) is 13.4. The number of nitrogens with zero attached hydrogens (tertiary/aromatic N) is 2. The molecule has 0 aliphatic carbocycles. The number of urea groups is 1. The molecule has 1 aromatic heterocycles. The highest BCUT2D eigenvalue weighted by atomic mass is 32.1. The Kier molecular flexibility index (Phi) is 5.69. The summed E-state index contributed by atoms with van der Waals surface area (Å²) in [7, 11) is 1.24. The van der Waals surface area contributed by atoms with Gasteiger partial charge in [-0.25, -0.2) is 14.6 Å². The van der Waals surface area contributed by atoms with Crippen molar-refractivity contribution < 1.29 is 23.9 Å². The Morgan fingerprint density at radius 1 is 1.29 bits per heavy atom. The highest BCUT2D eigenvalue weighted by molar-refractivity contribution is 7.16. The van der Waals surface area contributed by atoms with Crippen LogP contribution in [0.5, 0.6) is 0 Å². The van der Waals surface area contributed by atoms with E-state index in [9.17, 15) is 19.2 Å². The maximum Gasteiger partial charge on any atom is 0.357 e. The molecule has 0 bridgehead atoms. The first kappa shape index (κ1) is 19.5. The first-order valence-electron chi connectivity index (χ1n) is 8.40. The lowest BCUT2D eigenvalue weighted by Gasteiger charge is -2.12. The van der Waals surface area contributed by atoms with Crippen molar-refractivity contribution in [2.24, 2.45) is 0 Å². The van der Waals surface area contributed by atoms with Gasteiger partial charge in [0.1, 0.15) is 6.04 Å². The summed E-state index contributed by atoms with van der Waals surface area (Å²) >= 11 is 1.12. The number of hydrogen-bond donors (Lipinski definition) is 2. The molecule has 0 saturated carbocycles. The fourth-order valence-corrected chi connectivity index (χ4v) is 3.54. The van der Waals surface area contributed by atoms with Gasteiger partial charge >= 0.3 is 12.0 Å². The number of anilines is 1. The largest absolute Gasteiger partial charge is 0.464 e. The smallest absolute Gasteiger partial charge is 0.357 e. The molecule has 10 heteroatoms. The lowest BCUT2D eigenvalue weighted by molar-refractivity contribution is -0.130. The van der Waals surface area contributed by atoms with Gasteiger partial charge in [0.15, 0.2) is 10.8 Å². The highest BCUT2D eigenvalue weighted by Gasteiger charge is 2.39. The summed E-state index contributed by atoms with van der Waals surface area (Å²) in [6.07, 6.45) is -0.234. The molecular weight excluding hydrogens is 384 g/mol. The Balaban J connectivity index is 1.61. The van der Waals surface area contributed by atoms with E-state index in [4.69, 9.17) is 0 Å². The Bertz CT molecular complexity index is 927. The van der Waals surface area contributed by atoms with Gasteiger partial charge in [-0.05, 0) is 12.5 Å². The zero-order valence-electron chi connectivity index (χ0n) is 15.2. The average Bonchev–Trinajstić information content (AvgIpc) is 3.16. The standard InChI is InChI=1S/C18H18N4O5S/c1-10-14(16(25)27-2)21-17(28-10)20-13(23)8-12-15(24)22(18(26)19-12)9-11-6-4-3-5-7-11/h3-7,12H,8-9H2,1-2H3,(H,19,26)(H,20,21,23). The number of esters is 1. The molecular formula is C18H18N4O5S. The molecule has 2 heterocycles. The van der Waals surface area contributed by atoms with Crippen LogP contribution in [0.15, 0.2) is 30.3 Å². The molecule has 146 valence electrons. The van der Waals surface area contributed by atoms with E-state index in [1.165, 1.54) is 7.11 Å². The Hall–Kier alpha value is -3.27. The minimum Gasteiger partial charge on any atom is -0.464 e. The number of imide groups is 1. The highest BCUT2D eigenvalue weighted by Crippen LogP contribution is 2.23. The molecule has 1 saturated heterocycles. The van der Waals surface area contributed by atoms with Crippen molar-refractivity contribution in [3.05, 3.63) is 46.5 Å². The zero-order valence-corrected chi connectivity index (χ0v) is 16.0. The molecule has 1 aliphatic rings. The molecule has 1 aromatic carbocycles. The van der Waals surface area contributed by atoms with E-state index in [0.29, 0.717) is 4.88 Å². The molecule has 1 unspecified atom stereocenters. The number of benzene rings is 1. The summed E-state index contributed by atoms with van der Waals surface area (Å²) in [5.41, 5.74) is 0.937. The van der Waals surface area contributed by atoms with Gasteiger partial charge in [0.05, 0.1) is 20.1 Å². The Morgan fingerprint density at radius 3 is 2.68 bits per heavy atom. The first-order valence-corrected chi connectivity index (χ1v) is 9.22. The summed E-state index contributed by atoms with van der Waals surface area (Å²) in [4.78, 5) is 54.1. The molecule has 0 radical (unpaired) electrons. The maximum absolute atomic E-state index is 12.5. The number of ether oxygens (including phenoxy) is 1.